The van der Waals surface area contributed by atoms with Crippen LogP contribution < -0.4 is 4.72 Å². The Kier molecular flexibility index (Phi) is 3.80. The van der Waals surface area contributed by atoms with Gasteiger partial charge >= 0.3 is 0 Å². The van der Waals surface area contributed by atoms with Crippen LogP contribution in [-0.2, 0) is 23.0 Å². The summed E-state index contributed by atoms with van der Waals surface area (Å²) >= 11 is 0. The maximum atomic E-state index is 13.0. The Balaban J connectivity index is 1.57. The molecular weight excluding hydrogens is 341 g/mol. The van der Waals surface area contributed by atoms with Crippen LogP contribution in [0, 0.1) is 5.82 Å². The van der Waals surface area contributed by atoms with E-state index in [1.807, 2.05) is 18.3 Å². The van der Waals surface area contributed by atoms with Gasteiger partial charge in [-0.1, -0.05) is 12.1 Å². The van der Waals surface area contributed by atoms with Crippen molar-refractivity contribution < 1.29 is 12.8 Å². The molecule has 0 aliphatic carbocycles. The summed E-state index contributed by atoms with van der Waals surface area (Å²) in [6, 6.07) is 11.9. The molecule has 128 valence electrons. The number of imidazole rings is 1. The van der Waals surface area contributed by atoms with Gasteiger partial charge in [0.25, 0.3) is 10.0 Å². The fourth-order valence-corrected chi connectivity index (χ4v) is 4.08. The van der Waals surface area contributed by atoms with E-state index in [0.29, 0.717) is 5.69 Å². The van der Waals surface area contributed by atoms with Crippen LogP contribution in [0.4, 0.5) is 10.1 Å². The molecule has 0 radical (unpaired) electrons. The molecule has 2 aromatic carbocycles. The molecule has 3 aromatic rings. The molecule has 0 atom stereocenters. The number of rotatable bonds is 4. The highest BCUT2D eigenvalue weighted by molar-refractivity contribution is 7.92. The van der Waals surface area contributed by atoms with Gasteiger partial charge < -0.3 is 4.57 Å². The largest absolute Gasteiger partial charge is 0.328 e. The molecule has 1 aliphatic heterocycles. The molecule has 0 amide bonds. The first-order valence-corrected chi connectivity index (χ1v) is 9.44. The number of sulfonamides is 1. The standard InChI is InChI=1S/C18H16FN3O2S/c19-14-5-9-16(10-6-14)25(23,24)21-15-7-3-13(4-8-15)17-12-20-18-2-1-11-22(17)18/h3-10,12,21H,1-2,11H2. The quantitative estimate of drug-likeness (QED) is 0.778. The van der Waals surface area contributed by atoms with E-state index in [0.717, 1.165) is 48.6 Å². The second-order valence-corrected chi connectivity index (χ2v) is 7.63. The molecule has 1 aromatic heterocycles. The Morgan fingerprint density at radius 1 is 1.04 bits per heavy atom. The molecule has 0 saturated heterocycles. The summed E-state index contributed by atoms with van der Waals surface area (Å²) in [6.07, 6.45) is 3.95. The molecule has 0 saturated carbocycles. The molecule has 0 unspecified atom stereocenters. The molecule has 4 rings (SSSR count). The summed E-state index contributed by atoms with van der Waals surface area (Å²) in [5.74, 6) is 0.618. The number of hydrogen-bond acceptors (Lipinski definition) is 3. The Bertz CT molecular complexity index is 1010. The van der Waals surface area contributed by atoms with E-state index in [1.165, 1.54) is 12.1 Å². The molecule has 5 nitrogen and oxygen atoms in total. The Hall–Kier alpha value is -2.67. The molecule has 25 heavy (non-hydrogen) atoms. The van der Waals surface area contributed by atoms with Gasteiger partial charge in [0.05, 0.1) is 16.8 Å². The maximum absolute atomic E-state index is 13.0. The van der Waals surface area contributed by atoms with Crippen LogP contribution in [-0.4, -0.2) is 18.0 Å². The lowest BCUT2D eigenvalue weighted by molar-refractivity contribution is 0.599. The second-order valence-electron chi connectivity index (χ2n) is 5.95. The van der Waals surface area contributed by atoms with Crippen molar-refractivity contribution in [3.63, 3.8) is 0 Å². The van der Waals surface area contributed by atoms with Crippen LogP contribution in [0.5, 0.6) is 0 Å². The van der Waals surface area contributed by atoms with Crippen molar-refractivity contribution in [3.05, 3.63) is 66.4 Å². The van der Waals surface area contributed by atoms with Crippen molar-refractivity contribution in [2.75, 3.05) is 4.72 Å². The summed E-state index contributed by atoms with van der Waals surface area (Å²) in [5, 5.41) is 0. The molecule has 0 fully saturated rings. The predicted molar refractivity (Wildman–Crippen MR) is 93.2 cm³/mol. The molecule has 1 N–H and O–H groups in total. The van der Waals surface area contributed by atoms with E-state index in [1.54, 1.807) is 12.1 Å². The van der Waals surface area contributed by atoms with Crippen molar-refractivity contribution in [1.82, 2.24) is 9.55 Å². The first-order chi connectivity index (χ1) is 12.0. The Morgan fingerprint density at radius 2 is 1.76 bits per heavy atom. The molecule has 0 spiro atoms. The van der Waals surface area contributed by atoms with E-state index < -0.39 is 15.8 Å². The van der Waals surface area contributed by atoms with Crippen LogP contribution in [0.3, 0.4) is 0 Å². The van der Waals surface area contributed by atoms with Gasteiger partial charge in [-0.05, 0) is 48.4 Å². The van der Waals surface area contributed by atoms with E-state index in [9.17, 15) is 12.8 Å². The molecule has 1 aliphatic rings. The highest BCUT2D eigenvalue weighted by Crippen LogP contribution is 2.27. The van der Waals surface area contributed by atoms with Gasteiger partial charge in [0.15, 0.2) is 0 Å². The number of fused-ring (bicyclic) bond motifs is 1. The van der Waals surface area contributed by atoms with Crippen molar-refractivity contribution >= 4 is 15.7 Å². The van der Waals surface area contributed by atoms with Gasteiger partial charge in [0, 0.05) is 18.7 Å². The van der Waals surface area contributed by atoms with Crippen LogP contribution in [0.1, 0.15) is 12.2 Å². The van der Waals surface area contributed by atoms with Crippen molar-refractivity contribution in [2.45, 2.75) is 24.3 Å². The van der Waals surface area contributed by atoms with E-state index in [4.69, 9.17) is 0 Å². The average molecular weight is 357 g/mol. The minimum absolute atomic E-state index is 0.0200. The number of halogens is 1. The zero-order valence-electron chi connectivity index (χ0n) is 13.3. The zero-order valence-corrected chi connectivity index (χ0v) is 14.1. The number of hydrogen-bond donors (Lipinski definition) is 1. The van der Waals surface area contributed by atoms with E-state index in [-0.39, 0.29) is 4.90 Å². The number of nitrogens with zero attached hydrogens (tertiary/aromatic N) is 2. The predicted octanol–water partition coefficient (Wildman–Crippen LogP) is 3.44. The molecule has 2 heterocycles. The van der Waals surface area contributed by atoms with E-state index in [2.05, 4.69) is 14.3 Å². The molecular formula is C18H16FN3O2S. The highest BCUT2D eigenvalue weighted by atomic mass is 32.2. The Labute approximate surface area is 145 Å². The summed E-state index contributed by atoms with van der Waals surface area (Å²) in [7, 11) is -3.74. The number of aryl methyl sites for hydroxylation is 1. The number of benzene rings is 2. The lowest BCUT2D eigenvalue weighted by Crippen LogP contribution is -2.12. The monoisotopic (exact) mass is 357 g/mol. The number of aromatic nitrogens is 2. The first kappa shape index (κ1) is 15.8. The van der Waals surface area contributed by atoms with Gasteiger partial charge in [-0.25, -0.2) is 17.8 Å². The first-order valence-electron chi connectivity index (χ1n) is 7.96. The van der Waals surface area contributed by atoms with Gasteiger partial charge in [-0.3, -0.25) is 4.72 Å². The third-order valence-electron chi connectivity index (χ3n) is 4.28. The lowest BCUT2D eigenvalue weighted by Gasteiger charge is -2.09. The van der Waals surface area contributed by atoms with Gasteiger partial charge in [0.1, 0.15) is 11.6 Å². The number of nitrogens with one attached hydrogen (secondary N) is 1. The van der Waals surface area contributed by atoms with Gasteiger partial charge in [-0.15, -0.1) is 0 Å². The van der Waals surface area contributed by atoms with Gasteiger partial charge in [0.2, 0.25) is 0 Å². The van der Waals surface area contributed by atoms with Crippen LogP contribution in [0.25, 0.3) is 11.3 Å². The van der Waals surface area contributed by atoms with E-state index >= 15 is 0 Å². The smallest absolute Gasteiger partial charge is 0.261 e. The second kappa shape index (κ2) is 6.00. The minimum Gasteiger partial charge on any atom is -0.328 e. The third kappa shape index (κ3) is 3.02. The fraction of sp³-hybridized carbons (Fsp3) is 0.167. The Morgan fingerprint density at radius 3 is 2.48 bits per heavy atom. The van der Waals surface area contributed by atoms with Crippen LogP contribution >= 0.6 is 0 Å². The normalized spacial score (nSPS) is 13.6. The average Bonchev–Trinajstić information content (AvgIpc) is 3.19. The summed E-state index contributed by atoms with van der Waals surface area (Å²) in [4.78, 5) is 4.44. The topological polar surface area (TPSA) is 64.0 Å². The summed E-state index contributed by atoms with van der Waals surface area (Å²) in [6.45, 7) is 0.962. The van der Waals surface area contributed by atoms with Crippen LogP contribution in [0.15, 0.2) is 59.6 Å². The highest BCUT2D eigenvalue weighted by Gasteiger charge is 2.17. The zero-order chi connectivity index (χ0) is 17.4. The number of anilines is 1. The van der Waals surface area contributed by atoms with Gasteiger partial charge in [-0.2, -0.15) is 0 Å². The fourth-order valence-electron chi connectivity index (χ4n) is 3.03. The summed E-state index contributed by atoms with van der Waals surface area (Å²) in [5.41, 5.74) is 2.49. The molecule has 0 bridgehead atoms. The van der Waals surface area contributed by atoms with Crippen LogP contribution in [0.2, 0.25) is 0 Å². The van der Waals surface area contributed by atoms with Crippen molar-refractivity contribution in [3.8, 4) is 11.3 Å². The maximum Gasteiger partial charge on any atom is 0.261 e. The molecule has 7 heteroatoms. The SMILES string of the molecule is O=S(=O)(Nc1ccc(-c2cnc3n2CCC3)cc1)c1ccc(F)cc1. The minimum atomic E-state index is -3.74. The third-order valence-corrected chi connectivity index (χ3v) is 5.67. The summed E-state index contributed by atoms with van der Waals surface area (Å²) < 4.78 is 42.3. The van der Waals surface area contributed by atoms with Crippen molar-refractivity contribution in [2.24, 2.45) is 0 Å². The van der Waals surface area contributed by atoms with Crippen molar-refractivity contribution in [1.29, 1.82) is 0 Å². The lowest BCUT2D eigenvalue weighted by atomic mass is 10.1.